The molecule has 0 bridgehead atoms. The first-order valence-corrected chi connectivity index (χ1v) is 4.46. The summed E-state index contributed by atoms with van der Waals surface area (Å²) in [7, 11) is 0. The fraction of sp³-hybridized carbons (Fsp3) is 0. The molecular weight excluding hydrogens is 234 g/mol. The molecular formula is C9H6BrNO2. The molecule has 0 unspecified atom stereocenters. The van der Waals surface area contributed by atoms with E-state index in [-0.39, 0.29) is 0 Å². The second kappa shape index (κ2) is 3.22. The first kappa shape index (κ1) is 8.31. The van der Waals surface area contributed by atoms with Gasteiger partial charge in [0.25, 0.3) is 0 Å². The Labute approximate surface area is 82.4 Å². The van der Waals surface area contributed by atoms with E-state index in [9.17, 15) is 0 Å². The number of halogens is 1. The maximum absolute atomic E-state index is 8.68. The van der Waals surface area contributed by atoms with Gasteiger partial charge in [-0.1, -0.05) is 21.1 Å². The van der Waals surface area contributed by atoms with Crippen molar-refractivity contribution in [1.29, 1.82) is 0 Å². The molecule has 1 heterocycles. The van der Waals surface area contributed by atoms with Crippen LogP contribution in [0.2, 0.25) is 0 Å². The molecule has 0 radical (unpaired) electrons. The predicted octanol–water partition coefficient (Wildman–Crippen LogP) is 2.49. The quantitative estimate of drug-likeness (QED) is 0.568. The molecule has 1 N–H and O–H groups in total. The number of hydrogen-bond acceptors (Lipinski definition) is 3. The minimum absolute atomic E-state index is 0.508. The fourth-order valence-electron chi connectivity index (χ4n) is 1.15. The average Bonchev–Trinajstić information content (AvgIpc) is 2.16. The summed E-state index contributed by atoms with van der Waals surface area (Å²) in [6.45, 7) is 0. The zero-order chi connectivity index (χ0) is 9.26. The second-order valence-corrected chi connectivity index (χ2v) is 3.46. The van der Waals surface area contributed by atoms with Crippen LogP contribution in [-0.2, 0) is 0 Å². The highest BCUT2D eigenvalue weighted by Crippen LogP contribution is 2.16. The molecule has 0 atom stereocenters. The highest BCUT2D eigenvalue weighted by molar-refractivity contribution is 9.10. The van der Waals surface area contributed by atoms with Crippen LogP contribution in [0.25, 0.3) is 11.0 Å². The number of hydrogen-bond donors (Lipinski definition) is 1. The van der Waals surface area contributed by atoms with Crippen molar-refractivity contribution in [1.82, 2.24) is 0 Å². The predicted molar refractivity (Wildman–Crippen MR) is 51.3 cm³/mol. The number of nitrogens with zero attached hydrogens (tertiary/aromatic N) is 1. The van der Waals surface area contributed by atoms with Gasteiger partial charge < -0.3 is 9.62 Å². The van der Waals surface area contributed by atoms with Crippen molar-refractivity contribution in [3.05, 3.63) is 40.4 Å². The van der Waals surface area contributed by atoms with Crippen LogP contribution in [0.3, 0.4) is 0 Å². The summed E-state index contributed by atoms with van der Waals surface area (Å²) in [4.78, 5) is 0. The lowest BCUT2D eigenvalue weighted by atomic mass is 10.2. The summed E-state index contributed by atoms with van der Waals surface area (Å²) < 4.78 is 6.16. The Hall–Kier alpha value is -1.29. The minimum Gasteiger partial charge on any atom is -0.464 e. The molecule has 2 rings (SSSR count). The smallest absolute Gasteiger partial charge is 0.137 e. The third kappa shape index (κ3) is 1.45. The lowest BCUT2D eigenvalue weighted by Crippen LogP contribution is -2.00. The van der Waals surface area contributed by atoms with Crippen LogP contribution >= 0.6 is 15.9 Å². The summed E-state index contributed by atoms with van der Waals surface area (Å²) in [6, 6.07) is 7.13. The monoisotopic (exact) mass is 239 g/mol. The van der Waals surface area contributed by atoms with Crippen molar-refractivity contribution in [2.24, 2.45) is 5.16 Å². The summed E-state index contributed by atoms with van der Waals surface area (Å²) in [5.41, 5.74) is 0.685. The molecule has 0 saturated carbocycles. The first-order valence-electron chi connectivity index (χ1n) is 3.66. The van der Waals surface area contributed by atoms with Crippen LogP contribution in [0.5, 0.6) is 0 Å². The third-order valence-electron chi connectivity index (χ3n) is 1.75. The lowest BCUT2D eigenvalue weighted by Gasteiger charge is -1.96. The fourth-order valence-corrected chi connectivity index (χ4v) is 1.49. The third-order valence-corrected chi connectivity index (χ3v) is 2.24. The van der Waals surface area contributed by atoms with Crippen molar-refractivity contribution in [2.45, 2.75) is 0 Å². The zero-order valence-corrected chi connectivity index (χ0v) is 8.15. The van der Waals surface area contributed by atoms with Crippen LogP contribution in [0.15, 0.2) is 44.6 Å². The molecule has 0 aliphatic carbocycles. The van der Waals surface area contributed by atoms with Crippen LogP contribution in [0, 0.1) is 0 Å². The Bertz CT molecular complexity index is 504. The summed E-state index contributed by atoms with van der Waals surface area (Å²) >= 11 is 3.33. The van der Waals surface area contributed by atoms with Crippen LogP contribution in [0.1, 0.15) is 0 Å². The topological polar surface area (TPSA) is 45.7 Å². The normalized spacial score (nSPS) is 12.2. The van der Waals surface area contributed by atoms with E-state index < -0.39 is 0 Å². The Balaban J connectivity index is 2.94. The van der Waals surface area contributed by atoms with Gasteiger partial charge in [0.15, 0.2) is 0 Å². The standard InChI is InChI=1S/C9H6BrNO2/c10-6-1-2-7-8(11-12)3-4-13-9(7)5-6/h1-5,12H. The molecule has 2 aromatic rings. The van der Waals surface area contributed by atoms with Crippen molar-refractivity contribution in [3.63, 3.8) is 0 Å². The number of rotatable bonds is 0. The van der Waals surface area contributed by atoms with Crippen molar-refractivity contribution < 1.29 is 9.62 Å². The van der Waals surface area contributed by atoms with Gasteiger partial charge in [-0.3, -0.25) is 0 Å². The van der Waals surface area contributed by atoms with Crippen LogP contribution in [0.4, 0.5) is 0 Å². The minimum atomic E-state index is 0.508. The van der Waals surface area contributed by atoms with Gasteiger partial charge in [0.05, 0.1) is 6.26 Å². The zero-order valence-electron chi connectivity index (χ0n) is 6.57. The van der Waals surface area contributed by atoms with Gasteiger partial charge in [0, 0.05) is 15.9 Å². The molecule has 1 aromatic heterocycles. The molecule has 4 heteroatoms. The molecule has 3 nitrogen and oxygen atoms in total. The number of benzene rings is 1. The molecule has 0 aliphatic rings. The van der Waals surface area contributed by atoms with Gasteiger partial charge in [-0.05, 0) is 18.2 Å². The van der Waals surface area contributed by atoms with Gasteiger partial charge in [0.1, 0.15) is 10.9 Å². The van der Waals surface area contributed by atoms with Gasteiger partial charge in [-0.15, -0.1) is 0 Å². The van der Waals surface area contributed by atoms with E-state index >= 15 is 0 Å². The molecule has 0 amide bonds. The van der Waals surface area contributed by atoms with Crippen LogP contribution in [-0.4, -0.2) is 5.21 Å². The van der Waals surface area contributed by atoms with Crippen LogP contribution < -0.4 is 5.36 Å². The molecule has 1 aromatic carbocycles. The maximum Gasteiger partial charge on any atom is 0.137 e. The molecule has 13 heavy (non-hydrogen) atoms. The maximum atomic E-state index is 8.68. The van der Waals surface area contributed by atoms with Crippen molar-refractivity contribution in [3.8, 4) is 0 Å². The van der Waals surface area contributed by atoms with E-state index in [1.165, 1.54) is 6.26 Å². The average molecular weight is 240 g/mol. The molecule has 0 saturated heterocycles. The Morgan fingerprint density at radius 1 is 1.31 bits per heavy atom. The lowest BCUT2D eigenvalue weighted by molar-refractivity contribution is 0.302. The van der Waals surface area contributed by atoms with E-state index in [0.717, 1.165) is 9.86 Å². The van der Waals surface area contributed by atoms with Crippen molar-refractivity contribution >= 4 is 26.9 Å². The van der Waals surface area contributed by atoms with E-state index in [1.54, 1.807) is 6.07 Å². The summed E-state index contributed by atoms with van der Waals surface area (Å²) in [5.74, 6) is 0. The Morgan fingerprint density at radius 2 is 2.15 bits per heavy atom. The van der Waals surface area contributed by atoms with Gasteiger partial charge in [-0.2, -0.15) is 0 Å². The second-order valence-electron chi connectivity index (χ2n) is 2.55. The Morgan fingerprint density at radius 3 is 2.92 bits per heavy atom. The van der Waals surface area contributed by atoms with E-state index in [2.05, 4.69) is 21.1 Å². The van der Waals surface area contributed by atoms with E-state index in [0.29, 0.717) is 10.9 Å². The largest absolute Gasteiger partial charge is 0.464 e. The summed E-state index contributed by atoms with van der Waals surface area (Å²) in [5, 5.41) is 13.1. The molecule has 0 aliphatic heterocycles. The first-order chi connectivity index (χ1) is 6.31. The number of fused-ring (bicyclic) bond motifs is 1. The molecule has 66 valence electrons. The van der Waals surface area contributed by atoms with Gasteiger partial charge in [0.2, 0.25) is 0 Å². The Kier molecular flexibility index (Phi) is 2.06. The van der Waals surface area contributed by atoms with Gasteiger partial charge in [-0.25, -0.2) is 0 Å². The summed E-state index contributed by atoms with van der Waals surface area (Å²) in [6.07, 6.45) is 1.49. The van der Waals surface area contributed by atoms with Crippen molar-refractivity contribution in [2.75, 3.05) is 0 Å². The van der Waals surface area contributed by atoms with Gasteiger partial charge >= 0.3 is 0 Å². The van der Waals surface area contributed by atoms with E-state index in [4.69, 9.17) is 9.62 Å². The van der Waals surface area contributed by atoms with E-state index in [1.807, 2.05) is 18.2 Å². The highest BCUT2D eigenvalue weighted by atomic mass is 79.9. The highest BCUT2D eigenvalue weighted by Gasteiger charge is 1.98. The molecule has 0 fully saturated rings. The SMILES string of the molecule is ON=c1ccoc2cc(Br)ccc12. The molecule has 0 spiro atoms.